The van der Waals surface area contributed by atoms with Gasteiger partial charge in [-0.1, -0.05) is 30.3 Å². The Kier molecular flexibility index (Phi) is 11.5. The number of carbonyl (C=O) groups is 6. The highest BCUT2D eigenvalue weighted by molar-refractivity contribution is 6.10. The van der Waals surface area contributed by atoms with Crippen LogP contribution in [0.3, 0.4) is 0 Å². The van der Waals surface area contributed by atoms with Gasteiger partial charge in [-0.15, -0.1) is 0 Å². The normalized spacial score (nSPS) is 13.1. The summed E-state index contributed by atoms with van der Waals surface area (Å²) in [7, 11) is 4.23. The fourth-order valence-electron chi connectivity index (χ4n) is 3.50. The van der Waals surface area contributed by atoms with E-state index in [1.54, 1.807) is 30.3 Å². The summed E-state index contributed by atoms with van der Waals surface area (Å²) in [5.74, 6) is -10.2. The molecule has 0 saturated carbocycles. The van der Waals surface area contributed by atoms with E-state index in [0.717, 1.165) is 34.0 Å². The minimum atomic E-state index is -1.65. The second kappa shape index (κ2) is 13.8. The number of ether oxygens (including phenoxy) is 4. The van der Waals surface area contributed by atoms with Crippen LogP contribution in [0.2, 0.25) is 0 Å². The summed E-state index contributed by atoms with van der Waals surface area (Å²) in [4.78, 5) is 74.5. The first kappa shape index (κ1) is 27.5. The predicted molar refractivity (Wildman–Crippen MR) is 113 cm³/mol. The lowest BCUT2D eigenvalue weighted by atomic mass is 9.73. The topological polar surface area (TPSA) is 139 Å². The molecule has 1 rings (SSSR count). The van der Waals surface area contributed by atoms with Gasteiger partial charge in [-0.05, 0) is 24.3 Å². The molecule has 0 aliphatic heterocycles. The Labute approximate surface area is 191 Å². The summed E-state index contributed by atoms with van der Waals surface area (Å²) in [6, 6.07) is 8.96. The zero-order valence-corrected chi connectivity index (χ0v) is 19.0. The third-order valence-electron chi connectivity index (χ3n) is 5.16. The molecule has 0 aliphatic carbocycles. The maximum absolute atomic E-state index is 12.9. The lowest BCUT2D eigenvalue weighted by Gasteiger charge is -2.29. The highest BCUT2D eigenvalue weighted by Crippen LogP contribution is 2.32. The van der Waals surface area contributed by atoms with Gasteiger partial charge in [-0.2, -0.15) is 0 Å². The number of ketones is 2. The number of rotatable bonds is 13. The third-order valence-corrected chi connectivity index (χ3v) is 5.16. The first-order valence-electron chi connectivity index (χ1n) is 10.1. The van der Waals surface area contributed by atoms with Gasteiger partial charge in [0.15, 0.2) is 11.6 Å². The van der Waals surface area contributed by atoms with Crippen molar-refractivity contribution in [2.24, 2.45) is 17.8 Å². The van der Waals surface area contributed by atoms with Crippen LogP contribution in [0.15, 0.2) is 30.3 Å². The highest BCUT2D eigenvalue weighted by Gasteiger charge is 2.46. The number of methoxy groups -OCH3 is 4. The standard InChI is InChI=1S/C23H28O10/c1-30-18(26)12-16(24)20(22(28)32-3)15(11-10-14-8-6-5-7-9-14)21(23(29)33-4)17(25)13-19(27)31-2/h5-9,15,20-21H,10-13H2,1-4H3. The Morgan fingerprint density at radius 2 is 1.09 bits per heavy atom. The molecule has 10 heteroatoms. The number of benzene rings is 1. The van der Waals surface area contributed by atoms with Crippen LogP contribution in [0.5, 0.6) is 0 Å². The molecule has 0 heterocycles. The van der Waals surface area contributed by atoms with Crippen LogP contribution in [0.4, 0.5) is 0 Å². The van der Waals surface area contributed by atoms with Crippen molar-refractivity contribution in [3.8, 4) is 0 Å². The molecule has 1 aromatic rings. The Morgan fingerprint density at radius 3 is 1.45 bits per heavy atom. The molecule has 0 bridgehead atoms. The van der Waals surface area contributed by atoms with E-state index in [2.05, 4.69) is 9.47 Å². The lowest BCUT2D eigenvalue weighted by molar-refractivity contribution is -0.159. The van der Waals surface area contributed by atoms with Crippen molar-refractivity contribution >= 4 is 35.4 Å². The first-order valence-corrected chi connectivity index (χ1v) is 10.1. The smallest absolute Gasteiger partial charge is 0.316 e. The lowest BCUT2D eigenvalue weighted by Crippen LogP contribution is -2.44. The molecule has 2 atom stereocenters. The zero-order chi connectivity index (χ0) is 25.0. The molecule has 10 nitrogen and oxygen atoms in total. The largest absolute Gasteiger partial charge is 0.469 e. The van der Waals surface area contributed by atoms with Gasteiger partial charge in [0.2, 0.25) is 0 Å². The van der Waals surface area contributed by atoms with Crippen molar-refractivity contribution in [3.63, 3.8) is 0 Å². The Hall–Kier alpha value is -3.56. The van der Waals surface area contributed by atoms with Gasteiger partial charge in [-0.25, -0.2) is 0 Å². The maximum atomic E-state index is 12.9. The molecule has 0 spiro atoms. The third kappa shape index (κ3) is 8.13. The fourth-order valence-corrected chi connectivity index (χ4v) is 3.50. The molecule has 0 N–H and O–H groups in total. The molecule has 2 unspecified atom stereocenters. The number of hydrogen-bond acceptors (Lipinski definition) is 10. The van der Waals surface area contributed by atoms with Crippen molar-refractivity contribution in [1.82, 2.24) is 0 Å². The van der Waals surface area contributed by atoms with Gasteiger partial charge in [-0.3, -0.25) is 28.8 Å². The summed E-state index contributed by atoms with van der Waals surface area (Å²) >= 11 is 0. The zero-order valence-electron chi connectivity index (χ0n) is 19.0. The predicted octanol–water partition coefficient (Wildman–Crippen LogP) is 1.08. The second-order valence-corrected chi connectivity index (χ2v) is 7.13. The second-order valence-electron chi connectivity index (χ2n) is 7.13. The first-order chi connectivity index (χ1) is 15.7. The van der Waals surface area contributed by atoms with E-state index in [-0.39, 0.29) is 12.8 Å². The van der Waals surface area contributed by atoms with Crippen LogP contribution < -0.4 is 0 Å². The summed E-state index contributed by atoms with van der Waals surface area (Å²) < 4.78 is 18.5. The van der Waals surface area contributed by atoms with Crippen molar-refractivity contribution < 1.29 is 47.7 Å². The number of hydrogen-bond donors (Lipinski definition) is 0. The summed E-state index contributed by atoms with van der Waals surface area (Å²) in [5.41, 5.74) is 0.815. The number of esters is 4. The summed E-state index contributed by atoms with van der Waals surface area (Å²) in [6.07, 6.45) is -1.25. The Bertz CT molecular complexity index is 811. The van der Waals surface area contributed by atoms with Crippen molar-refractivity contribution in [2.75, 3.05) is 28.4 Å². The number of aryl methyl sites for hydroxylation is 1. The van der Waals surface area contributed by atoms with E-state index in [0.29, 0.717) is 0 Å². The van der Waals surface area contributed by atoms with Crippen LogP contribution in [-0.2, 0) is 54.1 Å². The molecule has 0 saturated heterocycles. The minimum Gasteiger partial charge on any atom is -0.469 e. The van der Waals surface area contributed by atoms with Crippen molar-refractivity contribution in [3.05, 3.63) is 35.9 Å². The van der Waals surface area contributed by atoms with Crippen molar-refractivity contribution in [2.45, 2.75) is 25.7 Å². The molecule has 0 amide bonds. The van der Waals surface area contributed by atoms with E-state index in [1.807, 2.05) is 0 Å². The SMILES string of the molecule is COC(=O)CC(=O)C(C(=O)OC)C(CCc1ccccc1)C(C(=O)CC(=O)OC)C(=O)OC. The molecule has 0 aliphatic rings. The number of Topliss-reactive ketones (excluding diaryl/α,β-unsaturated/α-hetero) is 2. The van der Waals surface area contributed by atoms with Gasteiger partial charge >= 0.3 is 23.9 Å². The molecule has 1 aromatic carbocycles. The van der Waals surface area contributed by atoms with Crippen LogP contribution in [0, 0.1) is 17.8 Å². The van der Waals surface area contributed by atoms with E-state index < -0.39 is 66.0 Å². The summed E-state index contributed by atoms with van der Waals surface area (Å²) in [5, 5.41) is 0. The van der Waals surface area contributed by atoms with Crippen LogP contribution >= 0.6 is 0 Å². The van der Waals surface area contributed by atoms with Crippen LogP contribution in [-0.4, -0.2) is 63.9 Å². The van der Waals surface area contributed by atoms with Crippen molar-refractivity contribution in [1.29, 1.82) is 0 Å². The van der Waals surface area contributed by atoms with Gasteiger partial charge < -0.3 is 18.9 Å². The quantitative estimate of drug-likeness (QED) is 0.237. The molecule has 0 fully saturated rings. The highest BCUT2D eigenvalue weighted by atomic mass is 16.5. The molecular weight excluding hydrogens is 436 g/mol. The monoisotopic (exact) mass is 464 g/mol. The minimum absolute atomic E-state index is 0.00335. The maximum Gasteiger partial charge on any atom is 0.316 e. The van der Waals surface area contributed by atoms with Gasteiger partial charge in [0.05, 0.1) is 28.4 Å². The summed E-state index contributed by atoms with van der Waals surface area (Å²) in [6.45, 7) is 0. The molecule has 0 radical (unpaired) electrons. The van der Waals surface area contributed by atoms with Crippen LogP contribution in [0.1, 0.15) is 24.8 Å². The van der Waals surface area contributed by atoms with Gasteiger partial charge in [0, 0.05) is 0 Å². The fraction of sp³-hybridized carbons (Fsp3) is 0.478. The van der Waals surface area contributed by atoms with Gasteiger partial charge in [0.25, 0.3) is 0 Å². The average Bonchev–Trinajstić information content (AvgIpc) is 2.82. The van der Waals surface area contributed by atoms with Gasteiger partial charge in [0.1, 0.15) is 24.7 Å². The Balaban J connectivity index is 3.49. The molecule has 0 aromatic heterocycles. The van der Waals surface area contributed by atoms with E-state index >= 15 is 0 Å². The molecule has 33 heavy (non-hydrogen) atoms. The number of carbonyl (C=O) groups excluding carboxylic acids is 6. The molecule has 180 valence electrons. The average molecular weight is 464 g/mol. The van der Waals surface area contributed by atoms with E-state index in [1.165, 1.54) is 0 Å². The molecular formula is C23H28O10. The van der Waals surface area contributed by atoms with Crippen LogP contribution in [0.25, 0.3) is 0 Å². The van der Waals surface area contributed by atoms with E-state index in [4.69, 9.17) is 9.47 Å². The van der Waals surface area contributed by atoms with E-state index in [9.17, 15) is 28.8 Å². The Morgan fingerprint density at radius 1 is 0.667 bits per heavy atom.